The number of carbonyl (C=O) groups is 1. The fourth-order valence-corrected chi connectivity index (χ4v) is 2.52. The van der Waals surface area contributed by atoms with Crippen molar-refractivity contribution in [3.05, 3.63) is 35.1 Å². The number of hydrogen-bond acceptors (Lipinski definition) is 2. The quantitative estimate of drug-likeness (QED) is 0.898. The van der Waals surface area contributed by atoms with E-state index in [2.05, 4.69) is 0 Å². The average molecular weight is 251 g/mol. The molecule has 98 valence electrons. The summed E-state index contributed by atoms with van der Waals surface area (Å²) in [7, 11) is 0. The van der Waals surface area contributed by atoms with Crippen molar-refractivity contribution in [3.8, 4) is 0 Å². The monoisotopic (exact) mass is 251 g/mol. The number of hydrogen-bond donors (Lipinski definition) is 1. The molecule has 1 aliphatic rings. The first-order chi connectivity index (χ1) is 8.59. The molecular formula is C14H18FNO2. The molecule has 4 heteroatoms. The van der Waals surface area contributed by atoms with E-state index in [0.29, 0.717) is 11.1 Å². The summed E-state index contributed by atoms with van der Waals surface area (Å²) in [6.07, 6.45) is 3.22. The normalized spacial score (nSPS) is 18.6. The molecule has 3 nitrogen and oxygen atoms in total. The highest BCUT2D eigenvalue weighted by molar-refractivity contribution is 5.75. The number of aryl methyl sites for hydroxylation is 1. The van der Waals surface area contributed by atoms with Crippen molar-refractivity contribution >= 4 is 5.97 Å². The van der Waals surface area contributed by atoms with Crippen molar-refractivity contribution in [2.24, 2.45) is 0 Å². The van der Waals surface area contributed by atoms with Gasteiger partial charge in [0.25, 0.3) is 0 Å². The van der Waals surface area contributed by atoms with Crippen LogP contribution in [-0.2, 0) is 4.79 Å². The third-order valence-corrected chi connectivity index (χ3v) is 3.49. The Kier molecular flexibility index (Phi) is 3.97. The molecule has 1 saturated heterocycles. The maximum atomic E-state index is 13.2. The molecule has 0 saturated carbocycles. The van der Waals surface area contributed by atoms with Gasteiger partial charge in [0.15, 0.2) is 0 Å². The van der Waals surface area contributed by atoms with Crippen LogP contribution in [0.15, 0.2) is 18.2 Å². The Morgan fingerprint density at radius 3 is 2.56 bits per heavy atom. The molecule has 0 aliphatic carbocycles. The minimum Gasteiger partial charge on any atom is -0.480 e. The lowest BCUT2D eigenvalue weighted by Crippen LogP contribution is -2.37. The first-order valence-electron chi connectivity index (χ1n) is 6.32. The van der Waals surface area contributed by atoms with E-state index < -0.39 is 12.0 Å². The Balaban J connectivity index is 2.28. The summed E-state index contributed by atoms with van der Waals surface area (Å²) in [5, 5.41) is 9.40. The molecule has 0 amide bonds. The van der Waals surface area contributed by atoms with Gasteiger partial charge in [0.05, 0.1) is 0 Å². The Morgan fingerprint density at radius 1 is 1.33 bits per heavy atom. The Morgan fingerprint density at radius 2 is 2.00 bits per heavy atom. The number of carboxylic acid groups (broad SMARTS) is 1. The topological polar surface area (TPSA) is 40.5 Å². The molecule has 18 heavy (non-hydrogen) atoms. The second kappa shape index (κ2) is 5.48. The van der Waals surface area contributed by atoms with E-state index in [1.54, 1.807) is 19.1 Å². The SMILES string of the molecule is Cc1cc(C(C(=O)O)N2CCCCC2)ccc1F. The summed E-state index contributed by atoms with van der Waals surface area (Å²) in [6, 6.07) is 3.92. The molecule has 1 fully saturated rings. The first-order valence-corrected chi connectivity index (χ1v) is 6.32. The van der Waals surface area contributed by atoms with Crippen molar-refractivity contribution in [3.63, 3.8) is 0 Å². The molecule has 0 spiro atoms. The summed E-state index contributed by atoms with van der Waals surface area (Å²) < 4.78 is 13.2. The zero-order chi connectivity index (χ0) is 13.1. The molecule has 1 N–H and O–H groups in total. The van der Waals surface area contributed by atoms with E-state index in [0.717, 1.165) is 32.4 Å². The third kappa shape index (κ3) is 2.70. The van der Waals surface area contributed by atoms with Crippen LogP contribution < -0.4 is 0 Å². The van der Waals surface area contributed by atoms with Gasteiger partial charge in [-0.2, -0.15) is 0 Å². The summed E-state index contributed by atoms with van der Waals surface area (Å²) >= 11 is 0. The van der Waals surface area contributed by atoms with Crippen LogP contribution in [0.2, 0.25) is 0 Å². The smallest absolute Gasteiger partial charge is 0.325 e. The fourth-order valence-electron chi connectivity index (χ4n) is 2.52. The van der Waals surface area contributed by atoms with Crippen LogP contribution in [0.25, 0.3) is 0 Å². The number of aliphatic carboxylic acids is 1. The lowest BCUT2D eigenvalue weighted by atomic mass is 10.00. The molecule has 1 aliphatic heterocycles. The van der Waals surface area contributed by atoms with Gasteiger partial charge < -0.3 is 5.11 Å². The molecule has 1 unspecified atom stereocenters. The maximum absolute atomic E-state index is 13.2. The Bertz CT molecular complexity index is 441. The van der Waals surface area contributed by atoms with E-state index in [-0.39, 0.29) is 5.82 Å². The second-order valence-corrected chi connectivity index (χ2v) is 4.85. The number of nitrogens with zero attached hydrogens (tertiary/aromatic N) is 1. The molecule has 1 heterocycles. The van der Waals surface area contributed by atoms with Crippen LogP contribution in [-0.4, -0.2) is 29.1 Å². The maximum Gasteiger partial charge on any atom is 0.325 e. The zero-order valence-electron chi connectivity index (χ0n) is 10.5. The molecule has 1 atom stereocenters. The molecule has 1 aromatic carbocycles. The highest BCUT2D eigenvalue weighted by Gasteiger charge is 2.28. The predicted octanol–water partition coefficient (Wildman–Crippen LogP) is 2.75. The Labute approximate surface area is 106 Å². The first kappa shape index (κ1) is 13.0. The van der Waals surface area contributed by atoms with Crippen LogP contribution in [0.4, 0.5) is 4.39 Å². The molecule has 0 bridgehead atoms. The number of halogens is 1. The van der Waals surface area contributed by atoms with Crippen LogP contribution in [0.1, 0.15) is 36.4 Å². The van der Waals surface area contributed by atoms with E-state index in [1.807, 2.05) is 4.90 Å². The largest absolute Gasteiger partial charge is 0.480 e. The van der Waals surface area contributed by atoms with Gasteiger partial charge in [-0.3, -0.25) is 9.69 Å². The molecule has 0 aromatic heterocycles. The molecule has 0 radical (unpaired) electrons. The van der Waals surface area contributed by atoms with Crippen molar-refractivity contribution in [1.29, 1.82) is 0 Å². The number of benzene rings is 1. The van der Waals surface area contributed by atoms with E-state index in [1.165, 1.54) is 6.07 Å². The van der Waals surface area contributed by atoms with Gasteiger partial charge in [0.1, 0.15) is 11.9 Å². The lowest BCUT2D eigenvalue weighted by Gasteiger charge is -2.32. The highest BCUT2D eigenvalue weighted by Crippen LogP contribution is 2.26. The van der Waals surface area contributed by atoms with Gasteiger partial charge in [-0.25, -0.2) is 4.39 Å². The van der Waals surface area contributed by atoms with Crippen molar-refractivity contribution in [2.75, 3.05) is 13.1 Å². The van der Waals surface area contributed by atoms with Gasteiger partial charge >= 0.3 is 5.97 Å². The van der Waals surface area contributed by atoms with Crippen LogP contribution in [0, 0.1) is 12.7 Å². The van der Waals surface area contributed by atoms with Crippen LogP contribution in [0.5, 0.6) is 0 Å². The second-order valence-electron chi connectivity index (χ2n) is 4.85. The molecular weight excluding hydrogens is 233 g/mol. The molecule has 1 aromatic rings. The van der Waals surface area contributed by atoms with Gasteiger partial charge in [-0.15, -0.1) is 0 Å². The van der Waals surface area contributed by atoms with Crippen LogP contribution in [0.3, 0.4) is 0 Å². The zero-order valence-corrected chi connectivity index (χ0v) is 10.5. The Hall–Kier alpha value is -1.42. The van der Waals surface area contributed by atoms with E-state index >= 15 is 0 Å². The summed E-state index contributed by atoms with van der Waals surface area (Å²) in [4.78, 5) is 13.4. The number of carboxylic acids is 1. The fraction of sp³-hybridized carbons (Fsp3) is 0.500. The van der Waals surface area contributed by atoms with Crippen molar-refractivity contribution < 1.29 is 14.3 Å². The number of piperidine rings is 1. The summed E-state index contributed by atoms with van der Waals surface area (Å²) in [5.41, 5.74) is 1.17. The number of likely N-dealkylation sites (tertiary alicyclic amines) is 1. The van der Waals surface area contributed by atoms with E-state index in [9.17, 15) is 14.3 Å². The minimum atomic E-state index is -0.858. The standard InChI is InChI=1S/C14H18FNO2/c1-10-9-11(5-6-12(10)15)13(14(17)18)16-7-3-2-4-8-16/h5-6,9,13H,2-4,7-8H2,1H3,(H,17,18). The minimum absolute atomic E-state index is 0.290. The summed E-state index contributed by atoms with van der Waals surface area (Å²) in [6.45, 7) is 3.26. The van der Waals surface area contributed by atoms with Crippen molar-refractivity contribution in [2.45, 2.75) is 32.2 Å². The average Bonchev–Trinajstić information content (AvgIpc) is 2.35. The highest BCUT2D eigenvalue weighted by atomic mass is 19.1. The van der Waals surface area contributed by atoms with Gasteiger partial charge in [0, 0.05) is 0 Å². The van der Waals surface area contributed by atoms with E-state index in [4.69, 9.17) is 0 Å². The van der Waals surface area contributed by atoms with Crippen LogP contribution >= 0.6 is 0 Å². The van der Waals surface area contributed by atoms with Crippen molar-refractivity contribution in [1.82, 2.24) is 4.90 Å². The third-order valence-electron chi connectivity index (χ3n) is 3.49. The van der Waals surface area contributed by atoms with Gasteiger partial charge in [0.2, 0.25) is 0 Å². The summed E-state index contributed by atoms with van der Waals surface area (Å²) in [5.74, 6) is -1.15. The molecule has 2 rings (SSSR count). The lowest BCUT2D eigenvalue weighted by molar-refractivity contribution is -0.144. The van der Waals surface area contributed by atoms with Gasteiger partial charge in [-0.1, -0.05) is 18.6 Å². The van der Waals surface area contributed by atoms with Gasteiger partial charge in [-0.05, 0) is 50.0 Å². The predicted molar refractivity (Wildman–Crippen MR) is 66.9 cm³/mol. The number of rotatable bonds is 3.